The summed E-state index contributed by atoms with van der Waals surface area (Å²) in [4.78, 5) is 5.10. The second-order valence-electron chi connectivity index (χ2n) is 16.1. The second kappa shape index (κ2) is 28.6. The first-order valence-electron chi connectivity index (χ1n) is 28.6. The van der Waals surface area contributed by atoms with E-state index in [2.05, 4.69) is 194 Å². The second-order valence-corrected chi connectivity index (χ2v) is 16.1. The molecule has 0 N–H and O–H groups in total. The average molecular weight is 972 g/mol. The van der Waals surface area contributed by atoms with Crippen LogP contribution in [0.5, 0.6) is 0 Å². The summed E-state index contributed by atoms with van der Waals surface area (Å²) in [6, 6.07) is 64.6. The Morgan fingerprint density at radius 3 is 0.959 bits per heavy atom. The van der Waals surface area contributed by atoms with Crippen LogP contribution in [0.25, 0.3) is 44.5 Å². The molecule has 0 saturated heterocycles. The van der Waals surface area contributed by atoms with Crippen molar-refractivity contribution in [2.24, 2.45) is 0 Å². The van der Waals surface area contributed by atoms with E-state index in [0.717, 1.165) is 25.9 Å². The molecule has 0 unspecified atom stereocenters. The molecule has 73 heavy (non-hydrogen) atoms. The molecule has 0 heterocycles. The number of hydrogen-bond donors (Lipinski definition) is 0. The third-order valence-corrected chi connectivity index (χ3v) is 13.5. The van der Waals surface area contributed by atoms with E-state index >= 15 is 0 Å². The van der Waals surface area contributed by atoms with Gasteiger partial charge in [0.15, 0.2) is 0 Å². The number of rotatable bonds is 6. The SMILES string of the molecule is CC.CC.CC.CC.CC.CC.CC.CC.CCN(c1ccc2c(c1)C1(c3ccccc3-c3ccccc31)c1cc(N(CC)c3cccc4c3Cc3ccccc3-4)ccc1-2)c1cccc2c1Cc1ccccc1-2. The highest BCUT2D eigenvalue weighted by atomic mass is 15.1. The largest absolute Gasteiger partial charge is 0.342 e. The lowest BCUT2D eigenvalue weighted by atomic mass is 9.70. The molecule has 0 atom stereocenters. The van der Waals surface area contributed by atoms with Crippen LogP contribution in [0, 0.1) is 0 Å². The monoisotopic (exact) mass is 971 g/mol. The molecule has 2 heteroatoms. The van der Waals surface area contributed by atoms with Gasteiger partial charge in [0.25, 0.3) is 0 Å². The number of anilines is 4. The highest BCUT2D eigenvalue weighted by Crippen LogP contribution is 2.64. The van der Waals surface area contributed by atoms with E-state index in [0.29, 0.717) is 0 Å². The Kier molecular flexibility index (Phi) is 23.1. The zero-order chi connectivity index (χ0) is 53.8. The molecular weight excluding hydrogens is 881 g/mol. The van der Waals surface area contributed by atoms with Gasteiger partial charge in [-0.15, -0.1) is 0 Å². The third-order valence-electron chi connectivity index (χ3n) is 13.5. The number of benzene rings is 8. The van der Waals surface area contributed by atoms with Gasteiger partial charge in [0, 0.05) is 48.7 Å². The average Bonchev–Trinajstić information content (AvgIpc) is 4.24. The van der Waals surface area contributed by atoms with Gasteiger partial charge in [-0.3, -0.25) is 0 Å². The fourth-order valence-corrected chi connectivity index (χ4v) is 11.2. The molecule has 0 radical (unpaired) electrons. The van der Waals surface area contributed by atoms with Crippen molar-refractivity contribution in [1.82, 2.24) is 0 Å². The number of fused-ring (bicyclic) bond motifs is 16. The van der Waals surface area contributed by atoms with E-state index in [9.17, 15) is 0 Å². The molecular formula is C71H90N2. The normalized spacial score (nSPS) is 11.5. The molecule has 4 aliphatic rings. The highest BCUT2D eigenvalue weighted by Gasteiger charge is 2.52. The Balaban J connectivity index is 0.000000663. The van der Waals surface area contributed by atoms with Crippen LogP contribution in [0.15, 0.2) is 170 Å². The molecule has 8 aromatic carbocycles. The van der Waals surface area contributed by atoms with E-state index in [1.54, 1.807) is 0 Å². The van der Waals surface area contributed by atoms with Crippen LogP contribution in [0.1, 0.15) is 169 Å². The zero-order valence-electron chi connectivity index (χ0n) is 48.4. The van der Waals surface area contributed by atoms with E-state index in [1.807, 2.05) is 111 Å². The molecule has 0 aliphatic heterocycles. The number of hydrogen-bond acceptors (Lipinski definition) is 2. The van der Waals surface area contributed by atoms with Crippen LogP contribution in [0.4, 0.5) is 22.7 Å². The molecule has 0 fully saturated rings. The van der Waals surface area contributed by atoms with Crippen molar-refractivity contribution in [2.45, 2.75) is 143 Å². The summed E-state index contributed by atoms with van der Waals surface area (Å²) in [7, 11) is 0. The fraction of sp³-hybridized carbons (Fsp3) is 0.324. The van der Waals surface area contributed by atoms with Gasteiger partial charge in [-0.2, -0.15) is 0 Å². The molecule has 8 aromatic rings. The molecule has 0 bridgehead atoms. The first-order chi connectivity index (χ1) is 36.2. The Hall–Kier alpha value is -6.64. The summed E-state index contributed by atoms with van der Waals surface area (Å²) in [6.07, 6.45) is 1.93. The lowest BCUT2D eigenvalue weighted by molar-refractivity contribution is 0.792. The van der Waals surface area contributed by atoms with E-state index < -0.39 is 5.41 Å². The van der Waals surface area contributed by atoms with Gasteiger partial charge in [0.05, 0.1) is 5.41 Å². The lowest BCUT2D eigenvalue weighted by Crippen LogP contribution is -2.27. The first-order valence-corrected chi connectivity index (χ1v) is 28.6. The quantitative estimate of drug-likeness (QED) is 0.164. The van der Waals surface area contributed by atoms with Crippen LogP contribution in [-0.2, 0) is 18.3 Å². The van der Waals surface area contributed by atoms with Crippen molar-refractivity contribution in [1.29, 1.82) is 0 Å². The lowest BCUT2D eigenvalue weighted by Gasteiger charge is -2.33. The first kappa shape index (κ1) is 58.9. The minimum absolute atomic E-state index is 0.452. The van der Waals surface area contributed by atoms with Crippen LogP contribution in [-0.4, -0.2) is 13.1 Å². The Morgan fingerprint density at radius 2 is 0.603 bits per heavy atom. The molecule has 0 amide bonds. The van der Waals surface area contributed by atoms with Gasteiger partial charge < -0.3 is 9.80 Å². The van der Waals surface area contributed by atoms with Crippen molar-refractivity contribution in [2.75, 3.05) is 22.9 Å². The van der Waals surface area contributed by atoms with Crippen molar-refractivity contribution in [3.63, 3.8) is 0 Å². The highest BCUT2D eigenvalue weighted by molar-refractivity contribution is 5.97. The third kappa shape index (κ3) is 10.3. The zero-order valence-corrected chi connectivity index (χ0v) is 48.4. The minimum atomic E-state index is -0.452. The Bertz CT molecular complexity index is 2770. The van der Waals surface area contributed by atoms with Gasteiger partial charge >= 0.3 is 0 Å². The standard InChI is InChI=1S/C55H42N2.8C2H6/c1-3-56(53-25-13-21-41-39-17-7-5-15-35(39)31-47(41)53)37-27-29-45-46-30-28-38(57(4-2)54-26-14-22-42-40-18-8-6-16-36(40)32-48(42)54)34-52(46)55(51(45)33-37)49-23-11-9-19-43(49)44-20-10-12-24-50(44)55;8*1-2/h5-30,33-34H,3-4,31-32H2,1-2H3;8*1-2H3. The number of nitrogens with zero attached hydrogens (tertiary/aromatic N) is 2. The van der Waals surface area contributed by atoms with E-state index in [4.69, 9.17) is 0 Å². The van der Waals surface area contributed by atoms with Crippen LogP contribution < -0.4 is 9.80 Å². The minimum Gasteiger partial charge on any atom is -0.342 e. The maximum atomic E-state index is 2.55. The molecule has 12 rings (SSSR count). The topological polar surface area (TPSA) is 6.48 Å². The van der Waals surface area contributed by atoms with Crippen LogP contribution in [0.2, 0.25) is 0 Å². The Labute approximate surface area is 445 Å². The van der Waals surface area contributed by atoms with Crippen LogP contribution >= 0.6 is 0 Å². The molecule has 2 nitrogen and oxygen atoms in total. The molecule has 0 aromatic heterocycles. The summed E-state index contributed by atoms with van der Waals surface area (Å²) in [5.41, 5.74) is 26.6. The molecule has 384 valence electrons. The fourth-order valence-electron chi connectivity index (χ4n) is 11.2. The molecule has 1 spiro atoms. The van der Waals surface area contributed by atoms with E-state index in [1.165, 1.54) is 112 Å². The van der Waals surface area contributed by atoms with Crippen molar-refractivity contribution >= 4 is 22.7 Å². The predicted octanol–water partition coefficient (Wildman–Crippen LogP) is 21.7. The maximum absolute atomic E-state index is 2.55. The summed E-state index contributed by atoms with van der Waals surface area (Å²) in [6.45, 7) is 38.3. The predicted molar refractivity (Wildman–Crippen MR) is 328 cm³/mol. The van der Waals surface area contributed by atoms with Gasteiger partial charge in [-0.25, -0.2) is 0 Å². The van der Waals surface area contributed by atoms with Crippen molar-refractivity contribution < 1.29 is 0 Å². The Morgan fingerprint density at radius 1 is 0.301 bits per heavy atom. The van der Waals surface area contributed by atoms with Gasteiger partial charge in [0.1, 0.15) is 0 Å². The van der Waals surface area contributed by atoms with Gasteiger partial charge in [0.2, 0.25) is 0 Å². The summed E-state index contributed by atoms with van der Waals surface area (Å²) < 4.78 is 0. The molecule has 0 saturated carbocycles. The van der Waals surface area contributed by atoms with Crippen LogP contribution in [0.3, 0.4) is 0 Å². The van der Waals surface area contributed by atoms with Crippen molar-refractivity contribution in [3.8, 4) is 44.5 Å². The molecule has 4 aliphatic carbocycles. The van der Waals surface area contributed by atoms with Gasteiger partial charge in [-0.1, -0.05) is 244 Å². The summed E-state index contributed by atoms with van der Waals surface area (Å²) in [5.74, 6) is 0. The summed E-state index contributed by atoms with van der Waals surface area (Å²) in [5, 5.41) is 0. The van der Waals surface area contributed by atoms with Crippen molar-refractivity contribution in [3.05, 3.63) is 214 Å². The summed E-state index contributed by atoms with van der Waals surface area (Å²) >= 11 is 0. The van der Waals surface area contributed by atoms with Gasteiger partial charge in [-0.05, 0) is 139 Å². The van der Waals surface area contributed by atoms with E-state index in [-0.39, 0.29) is 0 Å². The smallest absolute Gasteiger partial charge is 0.0727 e. The maximum Gasteiger partial charge on any atom is 0.0727 e.